The summed E-state index contributed by atoms with van der Waals surface area (Å²) in [5.74, 6) is -2.73. The number of nitrogens with zero attached hydrogens (tertiary/aromatic N) is 1. The first-order chi connectivity index (χ1) is 20.6. The van der Waals surface area contributed by atoms with E-state index >= 15 is 0 Å². The van der Waals surface area contributed by atoms with Crippen LogP contribution in [-0.2, 0) is 32.0 Å². The van der Waals surface area contributed by atoms with Crippen LogP contribution in [0.2, 0.25) is 0 Å². The predicted octanol–water partition coefficient (Wildman–Crippen LogP) is 2.46. The van der Waals surface area contributed by atoms with Crippen molar-refractivity contribution >= 4 is 45.5 Å². The average molecular weight is 587 g/mol. The molecule has 226 valence electrons. The molecule has 1 saturated heterocycles. The van der Waals surface area contributed by atoms with Crippen LogP contribution < -0.4 is 16.4 Å². The lowest BCUT2D eigenvalue weighted by molar-refractivity contribution is -0.149. The van der Waals surface area contributed by atoms with Gasteiger partial charge in [-0.2, -0.15) is 0 Å². The molecule has 4 unspecified atom stereocenters. The second-order valence-corrected chi connectivity index (χ2v) is 11.5. The number of aromatic nitrogens is 2. The number of H-pyrrole nitrogens is 2. The molecule has 3 heterocycles. The molecule has 5 rings (SSSR count). The van der Waals surface area contributed by atoms with Gasteiger partial charge in [-0.15, -0.1) is 0 Å². The third kappa shape index (κ3) is 6.41. The van der Waals surface area contributed by atoms with Crippen LogP contribution in [0.15, 0.2) is 60.9 Å². The Bertz CT molecular complexity index is 1640. The summed E-state index contributed by atoms with van der Waals surface area (Å²) in [6.45, 7) is 3.93. The van der Waals surface area contributed by atoms with Crippen molar-refractivity contribution in [3.05, 3.63) is 72.1 Å². The van der Waals surface area contributed by atoms with Crippen LogP contribution in [0.3, 0.4) is 0 Å². The van der Waals surface area contributed by atoms with Gasteiger partial charge in [0.1, 0.15) is 18.1 Å². The number of benzene rings is 2. The second-order valence-electron chi connectivity index (χ2n) is 11.5. The number of nitrogens with one attached hydrogen (secondary N) is 4. The summed E-state index contributed by atoms with van der Waals surface area (Å²) in [5, 5.41) is 17.3. The van der Waals surface area contributed by atoms with E-state index in [-0.39, 0.29) is 25.3 Å². The number of amides is 3. The van der Waals surface area contributed by atoms with Crippen LogP contribution in [0.1, 0.15) is 37.8 Å². The molecule has 1 aliphatic heterocycles. The van der Waals surface area contributed by atoms with Crippen molar-refractivity contribution in [1.82, 2.24) is 25.5 Å². The van der Waals surface area contributed by atoms with Crippen LogP contribution >= 0.6 is 0 Å². The summed E-state index contributed by atoms with van der Waals surface area (Å²) in [6.07, 6.45) is 4.79. The number of nitrogens with two attached hydrogens (primary N) is 1. The zero-order valence-corrected chi connectivity index (χ0v) is 24.3. The molecular formula is C32H38N6O5. The molecule has 43 heavy (non-hydrogen) atoms. The van der Waals surface area contributed by atoms with Gasteiger partial charge in [0, 0.05) is 53.6 Å². The highest BCUT2D eigenvalue weighted by Crippen LogP contribution is 2.24. The van der Waals surface area contributed by atoms with Gasteiger partial charge in [0.25, 0.3) is 0 Å². The first-order valence-electron chi connectivity index (χ1n) is 14.6. The fourth-order valence-corrected chi connectivity index (χ4v) is 5.78. The smallest absolute Gasteiger partial charge is 0.326 e. The average Bonchev–Trinajstić information content (AvgIpc) is 3.75. The summed E-state index contributed by atoms with van der Waals surface area (Å²) in [6, 6.07) is 11.4. The minimum atomic E-state index is -1.07. The van der Waals surface area contributed by atoms with Crippen molar-refractivity contribution in [1.29, 1.82) is 0 Å². The molecule has 2 aromatic heterocycles. The number of carboxylic acids is 1. The van der Waals surface area contributed by atoms with Crippen LogP contribution in [0.25, 0.3) is 21.8 Å². The van der Waals surface area contributed by atoms with Gasteiger partial charge in [-0.3, -0.25) is 14.4 Å². The molecule has 4 aromatic rings. The maximum atomic E-state index is 14.0. The number of carbonyl (C=O) groups is 4. The molecule has 11 heteroatoms. The highest BCUT2D eigenvalue weighted by atomic mass is 16.4. The van der Waals surface area contributed by atoms with E-state index in [1.807, 2.05) is 62.4 Å². The molecule has 1 fully saturated rings. The van der Waals surface area contributed by atoms with Crippen LogP contribution in [-0.4, -0.2) is 74.4 Å². The van der Waals surface area contributed by atoms with Crippen molar-refractivity contribution in [3.8, 4) is 0 Å². The summed E-state index contributed by atoms with van der Waals surface area (Å²) >= 11 is 0. The Kier molecular flexibility index (Phi) is 8.81. The molecule has 0 spiro atoms. The van der Waals surface area contributed by atoms with E-state index in [4.69, 9.17) is 5.73 Å². The zero-order chi connectivity index (χ0) is 30.7. The van der Waals surface area contributed by atoms with E-state index < -0.39 is 47.9 Å². The SMILES string of the molecule is CC(C)C(N)C(=O)NC(Cc1c[nH]c2ccccc12)C(=O)NC(Cc1c[nH]c2ccccc12)C(=O)N1CCCC1C(=O)O. The van der Waals surface area contributed by atoms with Crippen LogP contribution in [0.5, 0.6) is 0 Å². The number of aliphatic carboxylic acids is 1. The Morgan fingerprint density at radius 2 is 1.42 bits per heavy atom. The Hall–Kier alpha value is -4.64. The van der Waals surface area contributed by atoms with E-state index in [1.165, 1.54) is 4.90 Å². The third-order valence-electron chi connectivity index (χ3n) is 8.29. The Balaban J connectivity index is 1.46. The van der Waals surface area contributed by atoms with Gasteiger partial charge in [0.05, 0.1) is 6.04 Å². The van der Waals surface area contributed by atoms with E-state index in [2.05, 4.69) is 20.6 Å². The van der Waals surface area contributed by atoms with Crippen molar-refractivity contribution in [3.63, 3.8) is 0 Å². The monoisotopic (exact) mass is 586 g/mol. The third-order valence-corrected chi connectivity index (χ3v) is 8.29. The zero-order valence-electron chi connectivity index (χ0n) is 24.3. The first-order valence-corrected chi connectivity index (χ1v) is 14.6. The van der Waals surface area contributed by atoms with E-state index in [9.17, 15) is 24.3 Å². The molecule has 0 saturated carbocycles. The number of rotatable bonds is 11. The number of aromatic amines is 2. The lowest BCUT2D eigenvalue weighted by atomic mass is 10.00. The Morgan fingerprint density at radius 1 is 0.884 bits per heavy atom. The Labute approximate surface area is 249 Å². The second kappa shape index (κ2) is 12.7. The standard InChI is InChI=1S/C32H38N6O5/c1-18(2)28(33)30(40)36-25(14-19-16-34-23-10-5-3-8-21(19)23)29(39)37-26(31(41)38-13-7-12-27(38)32(42)43)15-20-17-35-24-11-6-4-9-22(20)24/h3-6,8-11,16-18,25-28,34-35H,7,12-15,33H2,1-2H3,(H,36,40)(H,37,39)(H,42,43). The lowest BCUT2D eigenvalue weighted by Gasteiger charge is -2.29. The van der Waals surface area contributed by atoms with Crippen LogP contribution in [0.4, 0.5) is 0 Å². The largest absolute Gasteiger partial charge is 0.480 e. The quantitative estimate of drug-likeness (QED) is 0.157. The Morgan fingerprint density at radius 3 is 1.98 bits per heavy atom. The van der Waals surface area contributed by atoms with Crippen molar-refractivity contribution in [2.75, 3.05) is 6.54 Å². The molecule has 7 N–H and O–H groups in total. The van der Waals surface area contributed by atoms with Crippen molar-refractivity contribution < 1.29 is 24.3 Å². The number of likely N-dealkylation sites (tertiary alicyclic amines) is 1. The normalized spacial score (nSPS) is 17.2. The first kappa shape index (κ1) is 29.8. The molecule has 3 amide bonds. The summed E-state index contributed by atoms with van der Waals surface area (Å²) < 4.78 is 0. The molecule has 11 nitrogen and oxygen atoms in total. The number of hydrogen-bond donors (Lipinski definition) is 6. The molecule has 0 bridgehead atoms. The van der Waals surface area contributed by atoms with Gasteiger partial charge in [-0.1, -0.05) is 50.2 Å². The number of fused-ring (bicyclic) bond motifs is 2. The number of carbonyl (C=O) groups excluding carboxylic acids is 3. The molecule has 1 aliphatic rings. The summed E-state index contributed by atoms with van der Waals surface area (Å²) in [4.78, 5) is 60.7. The number of hydrogen-bond acceptors (Lipinski definition) is 5. The summed E-state index contributed by atoms with van der Waals surface area (Å²) in [5.41, 5.74) is 9.52. The van der Waals surface area contributed by atoms with Crippen LogP contribution in [0, 0.1) is 5.92 Å². The van der Waals surface area contributed by atoms with Gasteiger partial charge in [-0.05, 0) is 42.0 Å². The molecule has 4 atom stereocenters. The summed E-state index contributed by atoms with van der Waals surface area (Å²) in [7, 11) is 0. The molecule has 2 aromatic carbocycles. The minimum absolute atomic E-state index is 0.136. The molecule has 0 radical (unpaired) electrons. The fraction of sp³-hybridized carbons (Fsp3) is 0.375. The van der Waals surface area contributed by atoms with E-state index in [0.717, 1.165) is 32.9 Å². The van der Waals surface area contributed by atoms with Gasteiger partial charge >= 0.3 is 5.97 Å². The maximum Gasteiger partial charge on any atom is 0.326 e. The van der Waals surface area contributed by atoms with Gasteiger partial charge in [0.15, 0.2) is 0 Å². The molecule has 0 aliphatic carbocycles. The van der Waals surface area contributed by atoms with Gasteiger partial charge < -0.3 is 36.3 Å². The molecular weight excluding hydrogens is 548 g/mol. The number of para-hydroxylation sites is 2. The van der Waals surface area contributed by atoms with Crippen molar-refractivity contribution in [2.24, 2.45) is 11.7 Å². The number of carboxylic acid groups (broad SMARTS) is 1. The van der Waals surface area contributed by atoms with E-state index in [0.29, 0.717) is 12.8 Å². The van der Waals surface area contributed by atoms with Gasteiger partial charge in [-0.25, -0.2) is 4.79 Å². The highest BCUT2D eigenvalue weighted by molar-refractivity contribution is 5.96. The lowest BCUT2D eigenvalue weighted by Crippen LogP contribution is -2.58. The van der Waals surface area contributed by atoms with Crippen molar-refractivity contribution in [2.45, 2.75) is 63.7 Å². The van der Waals surface area contributed by atoms with Gasteiger partial charge in [0.2, 0.25) is 17.7 Å². The maximum absolute atomic E-state index is 14.0. The predicted molar refractivity (Wildman–Crippen MR) is 163 cm³/mol. The van der Waals surface area contributed by atoms with E-state index in [1.54, 1.807) is 12.4 Å². The minimum Gasteiger partial charge on any atom is -0.480 e. The topological polar surface area (TPSA) is 173 Å². The highest BCUT2D eigenvalue weighted by Gasteiger charge is 2.39. The fourth-order valence-electron chi connectivity index (χ4n) is 5.78.